The van der Waals surface area contributed by atoms with Crippen molar-refractivity contribution in [1.82, 2.24) is 10.2 Å². The summed E-state index contributed by atoms with van der Waals surface area (Å²) in [5.74, 6) is -2.39. The average molecular weight is 287 g/mol. The maximum absolute atomic E-state index is 13.0. The van der Waals surface area contributed by atoms with Gasteiger partial charge in [-0.05, 0) is 34.1 Å². The quantitative estimate of drug-likeness (QED) is 0.917. The van der Waals surface area contributed by atoms with Crippen LogP contribution in [0.4, 0.5) is 4.39 Å². The van der Waals surface area contributed by atoms with Crippen LogP contribution in [0.15, 0.2) is 27.1 Å². The van der Waals surface area contributed by atoms with Crippen molar-refractivity contribution >= 4 is 21.9 Å². The van der Waals surface area contributed by atoms with Crippen LogP contribution in [0.2, 0.25) is 0 Å². The molecule has 2 aromatic rings. The SMILES string of the molecule is O=C(O)c1nnc(-c2cc(F)ccc2Br)o1. The molecule has 0 spiro atoms. The molecular weight excluding hydrogens is 283 g/mol. The van der Waals surface area contributed by atoms with Crippen molar-refractivity contribution in [2.45, 2.75) is 0 Å². The molecule has 0 radical (unpaired) electrons. The Morgan fingerprint density at radius 1 is 1.44 bits per heavy atom. The Balaban J connectivity index is 2.50. The van der Waals surface area contributed by atoms with Crippen LogP contribution >= 0.6 is 15.9 Å². The van der Waals surface area contributed by atoms with E-state index in [1.807, 2.05) is 0 Å². The van der Waals surface area contributed by atoms with Crippen molar-refractivity contribution in [3.05, 3.63) is 34.4 Å². The van der Waals surface area contributed by atoms with E-state index in [0.717, 1.165) is 0 Å². The number of hydrogen-bond donors (Lipinski definition) is 1. The summed E-state index contributed by atoms with van der Waals surface area (Å²) in [7, 11) is 0. The summed E-state index contributed by atoms with van der Waals surface area (Å²) in [6.07, 6.45) is 0. The number of benzene rings is 1. The number of carboxylic acids is 1. The first-order chi connectivity index (χ1) is 7.58. The lowest BCUT2D eigenvalue weighted by atomic mass is 10.2. The monoisotopic (exact) mass is 286 g/mol. The molecular formula is C9H4BrFN2O3. The third-order valence-electron chi connectivity index (χ3n) is 1.77. The first kappa shape index (κ1) is 10.7. The Bertz CT molecular complexity index is 555. The van der Waals surface area contributed by atoms with Crippen LogP contribution in [0.1, 0.15) is 10.7 Å². The Labute approximate surface area is 97.0 Å². The minimum absolute atomic E-state index is 0.0521. The van der Waals surface area contributed by atoms with Gasteiger partial charge in [-0.1, -0.05) is 0 Å². The van der Waals surface area contributed by atoms with Gasteiger partial charge in [0.1, 0.15) is 5.82 Å². The fourth-order valence-corrected chi connectivity index (χ4v) is 1.50. The topological polar surface area (TPSA) is 76.2 Å². The molecule has 1 aromatic heterocycles. The van der Waals surface area contributed by atoms with E-state index in [-0.39, 0.29) is 5.89 Å². The van der Waals surface area contributed by atoms with Crippen molar-refractivity contribution in [2.75, 3.05) is 0 Å². The largest absolute Gasteiger partial charge is 0.474 e. The van der Waals surface area contributed by atoms with Crippen LogP contribution in [-0.2, 0) is 0 Å². The van der Waals surface area contributed by atoms with E-state index in [2.05, 4.69) is 26.1 Å². The minimum atomic E-state index is -1.33. The minimum Gasteiger partial charge on any atom is -0.474 e. The Morgan fingerprint density at radius 2 is 2.19 bits per heavy atom. The molecule has 5 nitrogen and oxygen atoms in total. The second-order valence-corrected chi connectivity index (χ2v) is 3.70. The van der Waals surface area contributed by atoms with E-state index in [0.29, 0.717) is 10.0 Å². The lowest BCUT2D eigenvalue weighted by Crippen LogP contribution is -1.95. The molecule has 16 heavy (non-hydrogen) atoms. The Morgan fingerprint density at radius 3 is 2.81 bits per heavy atom. The van der Waals surface area contributed by atoms with Crippen molar-refractivity contribution in [1.29, 1.82) is 0 Å². The summed E-state index contributed by atoms with van der Waals surface area (Å²) in [6.45, 7) is 0. The average Bonchev–Trinajstić information content (AvgIpc) is 2.70. The zero-order valence-corrected chi connectivity index (χ0v) is 9.23. The molecule has 0 amide bonds. The third kappa shape index (κ3) is 1.94. The van der Waals surface area contributed by atoms with Crippen molar-refractivity contribution in [3.63, 3.8) is 0 Å². The van der Waals surface area contributed by atoms with E-state index in [1.54, 1.807) is 0 Å². The molecule has 7 heteroatoms. The van der Waals surface area contributed by atoms with Gasteiger partial charge in [0.15, 0.2) is 0 Å². The van der Waals surface area contributed by atoms with Gasteiger partial charge in [-0.15, -0.1) is 10.2 Å². The molecule has 0 fully saturated rings. The lowest BCUT2D eigenvalue weighted by Gasteiger charge is -1.98. The first-order valence-corrected chi connectivity index (χ1v) is 4.89. The third-order valence-corrected chi connectivity index (χ3v) is 2.46. The molecule has 82 valence electrons. The smallest absolute Gasteiger partial charge is 0.393 e. The highest BCUT2D eigenvalue weighted by molar-refractivity contribution is 9.10. The van der Waals surface area contributed by atoms with Gasteiger partial charge in [0, 0.05) is 4.47 Å². The Hall–Kier alpha value is -1.76. The summed E-state index contributed by atoms with van der Waals surface area (Å²) < 4.78 is 18.4. The summed E-state index contributed by atoms with van der Waals surface area (Å²) in [6, 6.07) is 3.89. The van der Waals surface area contributed by atoms with Crippen LogP contribution in [0.5, 0.6) is 0 Å². The fraction of sp³-hybridized carbons (Fsp3) is 0. The number of aromatic nitrogens is 2. The number of carboxylic acid groups (broad SMARTS) is 1. The molecule has 1 N–H and O–H groups in total. The number of rotatable bonds is 2. The van der Waals surface area contributed by atoms with Gasteiger partial charge in [0.05, 0.1) is 5.56 Å². The highest BCUT2D eigenvalue weighted by atomic mass is 79.9. The van der Waals surface area contributed by atoms with Gasteiger partial charge >= 0.3 is 11.9 Å². The molecule has 2 rings (SSSR count). The summed E-state index contributed by atoms with van der Waals surface area (Å²) in [4.78, 5) is 10.5. The number of aromatic carboxylic acids is 1. The zero-order valence-electron chi connectivity index (χ0n) is 7.65. The lowest BCUT2D eigenvalue weighted by molar-refractivity contribution is 0.0654. The molecule has 0 atom stereocenters. The number of halogens is 2. The van der Waals surface area contributed by atoms with Gasteiger partial charge in [-0.3, -0.25) is 0 Å². The van der Waals surface area contributed by atoms with Crippen molar-refractivity contribution in [3.8, 4) is 11.5 Å². The molecule has 1 aromatic carbocycles. The highest BCUT2D eigenvalue weighted by Gasteiger charge is 2.16. The van der Waals surface area contributed by atoms with Gasteiger partial charge in [0.2, 0.25) is 5.89 Å². The fourth-order valence-electron chi connectivity index (χ4n) is 1.08. The first-order valence-electron chi connectivity index (χ1n) is 4.10. The van der Waals surface area contributed by atoms with E-state index in [9.17, 15) is 9.18 Å². The highest BCUT2D eigenvalue weighted by Crippen LogP contribution is 2.27. The Kier molecular flexibility index (Phi) is 2.69. The second-order valence-electron chi connectivity index (χ2n) is 2.84. The summed E-state index contributed by atoms with van der Waals surface area (Å²) in [5.41, 5.74) is 0.306. The van der Waals surface area contributed by atoms with Gasteiger partial charge < -0.3 is 9.52 Å². The van der Waals surface area contributed by atoms with Crippen LogP contribution in [0.25, 0.3) is 11.5 Å². The van der Waals surface area contributed by atoms with Gasteiger partial charge in [0.25, 0.3) is 0 Å². The number of nitrogens with zero attached hydrogens (tertiary/aromatic N) is 2. The normalized spacial score (nSPS) is 10.4. The van der Waals surface area contributed by atoms with Crippen LogP contribution in [0.3, 0.4) is 0 Å². The van der Waals surface area contributed by atoms with E-state index >= 15 is 0 Å². The second kappa shape index (κ2) is 4.01. The van der Waals surface area contributed by atoms with Crippen LogP contribution in [0, 0.1) is 5.82 Å². The molecule has 0 unspecified atom stereocenters. The molecule has 0 saturated heterocycles. The molecule has 1 heterocycles. The summed E-state index contributed by atoms with van der Waals surface area (Å²) >= 11 is 3.17. The van der Waals surface area contributed by atoms with Crippen molar-refractivity contribution < 1.29 is 18.7 Å². The van der Waals surface area contributed by atoms with Gasteiger partial charge in [-0.25, -0.2) is 9.18 Å². The van der Waals surface area contributed by atoms with Crippen LogP contribution in [-0.4, -0.2) is 21.3 Å². The van der Waals surface area contributed by atoms with Crippen molar-refractivity contribution in [2.24, 2.45) is 0 Å². The molecule has 0 aliphatic rings. The summed E-state index contributed by atoms with van der Waals surface area (Å²) in [5, 5.41) is 15.4. The maximum atomic E-state index is 13.0. The molecule has 0 bridgehead atoms. The van der Waals surface area contributed by atoms with E-state index < -0.39 is 17.7 Å². The van der Waals surface area contributed by atoms with Gasteiger partial charge in [-0.2, -0.15) is 0 Å². The van der Waals surface area contributed by atoms with Crippen LogP contribution < -0.4 is 0 Å². The maximum Gasteiger partial charge on any atom is 0.393 e. The number of hydrogen-bond acceptors (Lipinski definition) is 4. The zero-order chi connectivity index (χ0) is 11.7. The molecule has 0 saturated carbocycles. The molecule has 0 aliphatic carbocycles. The standard InChI is InChI=1S/C9H4BrFN2O3/c10-6-2-1-4(11)3-5(6)7-12-13-8(16-7)9(14)15/h1-3H,(H,14,15). The molecule has 0 aliphatic heterocycles. The predicted molar refractivity (Wildman–Crippen MR) is 54.4 cm³/mol. The van der Waals surface area contributed by atoms with E-state index in [1.165, 1.54) is 18.2 Å². The predicted octanol–water partition coefficient (Wildman–Crippen LogP) is 2.34. The van der Waals surface area contributed by atoms with E-state index in [4.69, 9.17) is 9.52 Å². The number of carbonyl (C=O) groups is 1.